The molecule has 1 aliphatic carbocycles. The average Bonchev–Trinajstić information content (AvgIpc) is 2.70. The van der Waals surface area contributed by atoms with E-state index in [2.05, 4.69) is 33.8 Å². The Hall–Kier alpha value is -2.56. The van der Waals surface area contributed by atoms with Gasteiger partial charge in [0.25, 0.3) is 0 Å². The van der Waals surface area contributed by atoms with Gasteiger partial charge in [-0.15, -0.1) is 0 Å². The third-order valence-electron chi connectivity index (χ3n) is 6.68. The van der Waals surface area contributed by atoms with Gasteiger partial charge < -0.3 is 14.2 Å². The summed E-state index contributed by atoms with van der Waals surface area (Å²) in [6.45, 7) is 11.5. The monoisotopic (exact) mass is 454 g/mol. The van der Waals surface area contributed by atoms with Crippen LogP contribution in [0, 0.1) is 5.92 Å². The molecule has 0 radical (unpaired) electrons. The van der Waals surface area contributed by atoms with Crippen molar-refractivity contribution in [2.75, 3.05) is 0 Å². The van der Waals surface area contributed by atoms with E-state index >= 15 is 0 Å². The van der Waals surface area contributed by atoms with E-state index in [1.807, 2.05) is 24.3 Å². The van der Waals surface area contributed by atoms with Crippen molar-refractivity contribution >= 4 is 18.0 Å². The zero-order valence-corrected chi connectivity index (χ0v) is 20.9. The highest BCUT2D eigenvalue weighted by molar-refractivity contribution is 5.72. The van der Waals surface area contributed by atoms with Crippen molar-refractivity contribution in [3.8, 4) is 11.5 Å². The highest BCUT2D eigenvalue weighted by Gasteiger charge is 2.46. The van der Waals surface area contributed by atoms with Gasteiger partial charge in [0, 0.05) is 31.2 Å². The quantitative estimate of drug-likeness (QED) is 0.188. The average molecular weight is 455 g/mol. The lowest BCUT2D eigenvalue weighted by Gasteiger charge is -2.47. The molecule has 180 valence electrons. The maximum absolute atomic E-state index is 11.9. The van der Waals surface area contributed by atoms with Gasteiger partial charge in [-0.1, -0.05) is 37.5 Å². The van der Waals surface area contributed by atoms with E-state index in [0.29, 0.717) is 11.7 Å². The van der Waals surface area contributed by atoms with E-state index in [4.69, 9.17) is 14.2 Å². The van der Waals surface area contributed by atoms with Gasteiger partial charge in [0.2, 0.25) is 0 Å². The van der Waals surface area contributed by atoms with Crippen LogP contribution in [0.4, 0.5) is 0 Å². The molecule has 0 N–H and O–H groups in total. The van der Waals surface area contributed by atoms with Crippen LogP contribution in [0.25, 0.3) is 6.08 Å². The van der Waals surface area contributed by atoms with Crippen LogP contribution in [0.1, 0.15) is 97.1 Å². The Balaban J connectivity index is 1.98. The van der Waals surface area contributed by atoms with E-state index in [0.717, 1.165) is 55.4 Å². The number of carbonyl (C=O) groups excluding carboxylic acids is 2. The zero-order valence-electron chi connectivity index (χ0n) is 20.9. The van der Waals surface area contributed by atoms with E-state index in [1.54, 1.807) is 0 Å². The predicted molar refractivity (Wildman–Crippen MR) is 130 cm³/mol. The molecule has 1 aromatic rings. The summed E-state index contributed by atoms with van der Waals surface area (Å²) in [6.07, 6.45) is 11.7. The Morgan fingerprint density at radius 2 is 1.97 bits per heavy atom. The van der Waals surface area contributed by atoms with Crippen LogP contribution in [-0.4, -0.2) is 23.6 Å². The van der Waals surface area contributed by atoms with E-state index in [1.165, 1.54) is 19.4 Å². The number of carbonyl (C=O) groups is 2. The number of rotatable bonds is 8. The maximum atomic E-state index is 11.9. The first-order valence-corrected chi connectivity index (χ1v) is 12.2. The summed E-state index contributed by atoms with van der Waals surface area (Å²) in [4.78, 5) is 23.5. The molecule has 3 atom stereocenters. The summed E-state index contributed by atoms with van der Waals surface area (Å²) in [5, 5.41) is 0. The van der Waals surface area contributed by atoms with Crippen molar-refractivity contribution in [1.29, 1.82) is 0 Å². The van der Waals surface area contributed by atoms with Gasteiger partial charge >= 0.3 is 11.9 Å². The van der Waals surface area contributed by atoms with Crippen molar-refractivity contribution in [1.82, 2.24) is 0 Å². The number of hydrogen-bond acceptors (Lipinski definition) is 5. The van der Waals surface area contributed by atoms with Crippen LogP contribution in [0.15, 0.2) is 29.9 Å². The second-order valence-corrected chi connectivity index (χ2v) is 9.94. The zero-order chi connectivity index (χ0) is 24.2. The fraction of sp³-hybridized carbons (Fsp3) is 0.571. The molecule has 0 amide bonds. The topological polar surface area (TPSA) is 61.8 Å². The van der Waals surface area contributed by atoms with Gasteiger partial charge in [-0.2, -0.15) is 0 Å². The SMILES string of the molecule is CCCCCC(C=Cc1cc(OC(C)=O)c2c(c1)OC(C)(C)C1CC=C(C)CC21)OC(C)=O. The van der Waals surface area contributed by atoms with Crippen molar-refractivity contribution in [3.63, 3.8) is 0 Å². The number of ether oxygens (including phenoxy) is 3. The molecule has 0 bridgehead atoms. The highest BCUT2D eigenvalue weighted by Crippen LogP contribution is 2.54. The van der Waals surface area contributed by atoms with Crippen LogP contribution in [0.2, 0.25) is 0 Å². The molecule has 33 heavy (non-hydrogen) atoms. The van der Waals surface area contributed by atoms with Crippen molar-refractivity contribution < 1.29 is 23.8 Å². The molecular formula is C28H38O5. The van der Waals surface area contributed by atoms with Crippen LogP contribution >= 0.6 is 0 Å². The van der Waals surface area contributed by atoms with E-state index in [-0.39, 0.29) is 29.6 Å². The molecule has 0 saturated heterocycles. The third kappa shape index (κ3) is 6.27. The molecule has 1 aliphatic heterocycles. The largest absolute Gasteiger partial charge is 0.487 e. The third-order valence-corrected chi connectivity index (χ3v) is 6.68. The number of unbranched alkanes of at least 4 members (excludes halogenated alkanes) is 2. The van der Waals surface area contributed by atoms with Gasteiger partial charge in [0.05, 0.1) is 0 Å². The molecule has 2 aliphatic rings. The van der Waals surface area contributed by atoms with Crippen LogP contribution in [0.5, 0.6) is 11.5 Å². The molecular weight excluding hydrogens is 416 g/mol. The molecule has 3 unspecified atom stereocenters. The lowest BCUT2D eigenvalue weighted by molar-refractivity contribution is -0.144. The molecule has 0 aromatic heterocycles. The molecule has 0 spiro atoms. The normalized spacial score (nSPS) is 21.9. The number of benzene rings is 1. The summed E-state index contributed by atoms with van der Waals surface area (Å²) in [5.41, 5.74) is 2.87. The molecule has 0 fully saturated rings. The maximum Gasteiger partial charge on any atom is 0.308 e. The number of esters is 2. The lowest BCUT2D eigenvalue weighted by atomic mass is 9.67. The Kier molecular flexibility index (Phi) is 8.04. The van der Waals surface area contributed by atoms with Gasteiger partial charge in [0.1, 0.15) is 23.2 Å². The summed E-state index contributed by atoms with van der Waals surface area (Å²) in [6, 6.07) is 3.92. The minimum Gasteiger partial charge on any atom is -0.487 e. The first-order chi connectivity index (χ1) is 15.6. The minimum atomic E-state index is -0.347. The molecule has 3 rings (SSSR count). The molecule has 1 heterocycles. The number of hydrogen-bond donors (Lipinski definition) is 0. The second kappa shape index (κ2) is 10.6. The molecule has 5 heteroatoms. The van der Waals surface area contributed by atoms with Gasteiger partial charge in [-0.05, 0) is 70.2 Å². The van der Waals surface area contributed by atoms with Crippen LogP contribution < -0.4 is 9.47 Å². The molecule has 5 nitrogen and oxygen atoms in total. The summed E-state index contributed by atoms with van der Waals surface area (Å²) in [5.74, 6) is 1.25. The summed E-state index contributed by atoms with van der Waals surface area (Å²) < 4.78 is 17.7. The lowest BCUT2D eigenvalue weighted by Crippen LogP contribution is -2.45. The minimum absolute atomic E-state index is 0.240. The van der Waals surface area contributed by atoms with Crippen molar-refractivity contribution in [2.45, 2.75) is 97.7 Å². The fourth-order valence-electron chi connectivity index (χ4n) is 5.12. The predicted octanol–water partition coefficient (Wildman–Crippen LogP) is 6.75. The summed E-state index contributed by atoms with van der Waals surface area (Å²) >= 11 is 0. The standard InChI is InChI=1S/C28H38O5/c1-7-8-9-10-22(31-19(3)29)13-12-21-16-25(32-20(4)30)27-23-15-18(2)11-14-24(23)28(5,6)33-26(27)17-21/h11-13,16-17,22-24H,7-10,14-15H2,1-6H3. The van der Waals surface area contributed by atoms with Gasteiger partial charge in [-0.3, -0.25) is 9.59 Å². The first kappa shape index (κ1) is 25.1. The molecule has 0 saturated carbocycles. The highest BCUT2D eigenvalue weighted by atomic mass is 16.5. The molecule has 1 aromatic carbocycles. The van der Waals surface area contributed by atoms with Crippen molar-refractivity contribution in [3.05, 3.63) is 41.0 Å². The van der Waals surface area contributed by atoms with Gasteiger partial charge in [0.15, 0.2) is 0 Å². The Labute approximate surface area is 198 Å². The van der Waals surface area contributed by atoms with E-state index in [9.17, 15) is 9.59 Å². The second-order valence-electron chi connectivity index (χ2n) is 9.94. The first-order valence-electron chi connectivity index (χ1n) is 12.2. The number of fused-ring (bicyclic) bond motifs is 3. The number of allylic oxidation sites excluding steroid dienone is 2. The van der Waals surface area contributed by atoms with Gasteiger partial charge in [-0.25, -0.2) is 0 Å². The Morgan fingerprint density at radius 3 is 2.64 bits per heavy atom. The van der Waals surface area contributed by atoms with Crippen molar-refractivity contribution in [2.24, 2.45) is 5.92 Å². The fourth-order valence-corrected chi connectivity index (χ4v) is 5.12. The smallest absolute Gasteiger partial charge is 0.308 e. The summed E-state index contributed by atoms with van der Waals surface area (Å²) in [7, 11) is 0. The van der Waals surface area contributed by atoms with E-state index < -0.39 is 0 Å². The van der Waals surface area contributed by atoms with Crippen LogP contribution in [-0.2, 0) is 14.3 Å². The Morgan fingerprint density at radius 1 is 1.21 bits per heavy atom. The Bertz CT molecular complexity index is 940. The van der Waals surface area contributed by atoms with Crippen LogP contribution in [0.3, 0.4) is 0 Å².